The van der Waals surface area contributed by atoms with Gasteiger partial charge in [-0.25, -0.2) is 0 Å². The number of nitrogens with zero attached hydrogens (tertiary/aromatic N) is 1. The van der Waals surface area contributed by atoms with E-state index in [0.717, 1.165) is 31.8 Å². The first-order valence-electron chi connectivity index (χ1n) is 6.77. The van der Waals surface area contributed by atoms with Crippen LogP contribution in [0.1, 0.15) is 46.0 Å². The first kappa shape index (κ1) is 14.5. The molecule has 0 aromatic rings. The van der Waals surface area contributed by atoms with E-state index >= 15 is 0 Å². The number of nitrogens with two attached hydrogens (primary N) is 2. The molecule has 1 amide bonds. The summed E-state index contributed by atoms with van der Waals surface area (Å²) < 4.78 is 0. The number of carbonyl (C=O) groups is 1. The van der Waals surface area contributed by atoms with Crippen LogP contribution in [0.5, 0.6) is 0 Å². The van der Waals surface area contributed by atoms with Crippen LogP contribution in [0.25, 0.3) is 0 Å². The Morgan fingerprint density at radius 3 is 2.53 bits per heavy atom. The minimum Gasteiger partial charge on any atom is -0.368 e. The largest absolute Gasteiger partial charge is 0.368 e. The molecule has 4 heteroatoms. The van der Waals surface area contributed by atoms with Crippen molar-refractivity contribution in [1.29, 1.82) is 0 Å². The van der Waals surface area contributed by atoms with Crippen molar-refractivity contribution in [2.24, 2.45) is 17.4 Å². The lowest BCUT2D eigenvalue weighted by Crippen LogP contribution is -2.49. The summed E-state index contributed by atoms with van der Waals surface area (Å²) in [6.07, 6.45) is 5.55. The van der Waals surface area contributed by atoms with Crippen LogP contribution in [0.15, 0.2) is 0 Å². The van der Waals surface area contributed by atoms with Gasteiger partial charge in [-0.3, -0.25) is 4.79 Å². The second-order valence-electron chi connectivity index (χ2n) is 5.58. The standard InChI is InChI=1S/C13H27N3O/c1-3-16(10-11-6-7-11)9-5-4-8-13(2,15)12(14)17/h11H,3-10,15H2,1-2H3,(H2,14,17). The highest BCUT2D eigenvalue weighted by Gasteiger charge is 2.25. The van der Waals surface area contributed by atoms with E-state index in [2.05, 4.69) is 11.8 Å². The molecule has 1 aliphatic rings. The van der Waals surface area contributed by atoms with E-state index in [9.17, 15) is 4.79 Å². The van der Waals surface area contributed by atoms with E-state index in [1.54, 1.807) is 6.92 Å². The summed E-state index contributed by atoms with van der Waals surface area (Å²) >= 11 is 0. The lowest BCUT2D eigenvalue weighted by Gasteiger charge is -2.23. The Morgan fingerprint density at radius 1 is 1.41 bits per heavy atom. The highest BCUT2D eigenvalue weighted by atomic mass is 16.1. The van der Waals surface area contributed by atoms with Crippen LogP contribution in [0.4, 0.5) is 0 Å². The summed E-state index contributed by atoms with van der Waals surface area (Å²) in [7, 11) is 0. The molecule has 0 radical (unpaired) electrons. The Bertz CT molecular complexity index is 249. The van der Waals surface area contributed by atoms with Gasteiger partial charge < -0.3 is 16.4 Å². The second-order valence-corrected chi connectivity index (χ2v) is 5.58. The summed E-state index contributed by atoms with van der Waals surface area (Å²) in [5.74, 6) is 0.545. The molecule has 0 spiro atoms. The Balaban J connectivity index is 2.11. The maximum Gasteiger partial charge on any atom is 0.237 e. The molecule has 0 heterocycles. The molecule has 1 saturated carbocycles. The molecule has 0 bridgehead atoms. The van der Waals surface area contributed by atoms with Crippen molar-refractivity contribution in [2.45, 2.75) is 51.5 Å². The van der Waals surface area contributed by atoms with Crippen LogP contribution in [-0.2, 0) is 4.79 Å². The molecular weight excluding hydrogens is 214 g/mol. The minimum absolute atomic E-state index is 0.400. The quantitative estimate of drug-likeness (QED) is 0.594. The van der Waals surface area contributed by atoms with Crippen LogP contribution in [0.3, 0.4) is 0 Å². The number of amides is 1. The highest BCUT2D eigenvalue weighted by Crippen LogP contribution is 2.29. The third-order valence-electron chi connectivity index (χ3n) is 3.64. The van der Waals surface area contributed by atoms with E-state index in [1.807, 2.05) is 0 Å². The van der Waals surface area contributed by atoms with Gasteiger partial charge in [0.2, 0.25) is 5.91 Å². The van der Waals surface area contributed by atoms with Gasteiger partial charge >= 0.3 is 0 Å². The number of unbranched alkanes of at least 4 members (excludes halogenated alkanes) is 1. The Morgan fingerprint density at radius 2 is 2.06 bits per heavy atom. The Hall–Kier alpha value is -0.610. The zero-order valence-electron chi connectivity index (χ0n) is 11.2. The van der Waals surface area contributed by atoms with Gasteiger partial charge in [0.05, 0.1) is 5.54 Å². The van der Waals surface area contributed by atoms with Crippen LogP contribution < -0.4 is 11.5 Å². The summed E-state index contributed by atoms with van der Waals surface area (Å²) in [5, 5.41) is 0. The van der Waals surface area contributed by atoms with Gasteiger partial charge in [-0.15, -0.1) is 0 Å². The van der Waals surface area contributed by atoms with E-state index in [-0.39, 0.29) is 0 Å². The first-order chi connectivity index (χ1) is 7.95. The molecular formula is C13H27N3O. The molecule has 17 heavy (non-hydrogen) atoms. The number of carbonyl (C=O) groups excluding carboxylic acids is 1. The van der Waals surface area contributed by atoms with Crippen molar-refractivity contribution >= 4 is 5.91 Å². The lowest BCUT2D eigenvalue weighted by atomic mass is 9.95. The summed E-state index contributed by atoms with van der Waals surface area (Å²) in [6.45, 7) is 7.40. The normalized spacial score (nSPS) is 19.3. The number of hydrogen-bond donors (Lipinski definition) is 2. The van der Waals surface area contributed by atoms with Crippen LogP contribution in [0.2, 0.25) is 0 Å². The first-order valence-corrected chi connectivity index (χ1v) is 6.77. The smallest absolute Gasteiger partial charge is 0.237 e. The lowest BCUT2D eigenvalue weighted by molar-refractivity contribution is -0.122. The SMILES string of the molecule is CCN(CCCCC(C)(N)C(N)=O)CC1CC1. The molecule has 1 aliphatic carbocycles. The third-order valence-corrected chi connectivity index (χ3v) is 3.64. The van der Waals surface area contributed by atoms with Crippen LogP contribution in [-0.4, -0.2) is 36.0 Å². The minimum atomic E-state index is -0.840. The van der Waals surface area contributed by atoms with Gasteiger partial charge in [0.15, 0.2) is 0 Å². The predicted molar refractivity (Wildman–Crippen MR) is 70.5 cm³/mol. The van der Waals surface area contributed by atoms with Crippen molar-refractivity contribution in [3.8, 4) is 0 Å². The molecule has 1 rings (SSSR count). The van der Waals surface area contributed by atoms with Crippen LogP contribution in [0, 0.1) is 5.92 Å². The van der Waals surface area contributed by atoms with Gasteiger partial charge in [-0.1, -0.05) is 6.92 Å². The van der Waals surface area contributed by atoms with Crippen molar-refractivity contribution in [3.63, 3.8) is 0 Å². The molecule has 1 unspecified atom stereocenters. The maximum atomic E-state index is 11.0. The van der Waals surface area contributed by atoms with Gasteiger partial charge in [0.25, 0.3) is 0 Å². The van der Waals surface area contributed by atoms with Crippen molar-refractivity contribution in [2.75, 3.05) is 19.6 Å². The van der Waals surface area contributed by atoms with Gasteiger partial charge in [0.1, 0.15) is 0 Å². The number of rotatable bonds is 9. The van der Waals surface area contributed by atoms with Gasteiger partial charge in [-0.05, 0) is 58.0 Å². The molecule has 100 valence electrons. The molecule has 1 atom stereocenters. The fourth-order valence-corrected chi connectivity index (χ4v) is 1.99. The van der Waals surface area contributed by atoms with E-state index in [1.165, 1.54) is 19.4 Å². The van der Waals surface area contributed by atoms with E-state index < -0.39 is 11.4 Å². The van der Waals surface area contributed by atoms with Crippen LogP contribution >= 0.6 is 0 Å². The molecule has 0 aromatic heterocycles. The molecule has 0 aliphatic heterocycles. The predicted octanol–water partition coefficient (Wildman–Crippen LogP) is 1.09. The van der Waals surface area contributed by atoms with Crippen molar-refractivity contribution in [1.82, 2.24) is 4.90 Å². The Labute approximate surface area is 105 Å². The van der Waals surface area contributed by atoms with Crippen molar-refractivity contribution < 1.29 is 4.79 Å². The maximum absolute atomic E-state index is 11.0. The summed E-state index contributed by atoms with van der Waals surface area (Å²) in [4.78, 5) is 13.5. The number of hydrogen-bond acceptors (Lipinski definition) is 3. The molecule has 1 fully saturated rings. The van der Waals surface area contributed by atoms with E-state index in [4.69, 9.17) is 11.5 Å². The molecule has 4 N–H and O–H groups in total. The van der Waals surface area contributed by atoms with Gasteiger partial charge in [-0.2, -0.15) is 0 Å². The summed E-state index contributed by atoms with van der Waals surface area (Å²) in [6, 6.07) is 0. The fraction of sp³-hybridized carbons (Fsp3) is 0.923. The highest BCUT2D eigenvalue weighted by molar-refractivity contribution is 5.83. The zero-order valence-corrected chi connectivity index (χ0v) is 11.2. The average molecular weight is 241 g/mol. The van der Waals surface area contributed by atoms with Crippen molar-refractivity contribution in [3.05, 3.63) is 0 Å². The molecule has 0 aromatic carbocycles. The van der Waals surface area contributed by atoms with Gasteiger partial charge in [0, 0.05) is 6.54 Å². The van der Waals surface area contributed by atoms with E-state index in [0.29, 0.717) is 6.42 Å². The average Bonchev–Trinajstić information content (AvgIpc) is 3.06. The molecule has 4 nitrogen and oxygen atoms in total. The topological polar surface area (TPSA) is 72.3 Å². The molecule has 0 saturated heterocycles. The number of primary amides is 1. The Kier molecular flexibility index (Phi) is 5.40. The third kappa shape index (κ3) is 5.50. The monoisotopic (exact) mass is 241 g/mol. The second kappa shape index (κ2) is 6.36. The summed E-state index contributed by atoms with van der Waals surface area (Å²) in [5.41, 5.74) is 10.2. The fourth-order valence-electron chi connectivity index (χ4n) is 1.99. The zero-order chi connectivity index (χ0) is 12.9.